The van der Waals surface area contributed by atoms with Crippen molar-refractivity contribution in [2.45, 2.75) is 64.6 Å². The zero-order chi connectivity index (χ0) is 18.4. The Labute approximate surface area is 148 Å². The van der Waals surface area contributed by atoms with E-state index >= 15 is 0 Å². The van der Waals surface area contributed by atoms with Crippen molar-refractivity contribution in [2.24, 2.45) is 34.0 Å². The summed E-state index contributed by atoms with van der Waals surface area (Å²) in [6.07, 6.45) is 1.42. The molecule has 0 aliphatic heterocycles. The second-order valence-electron chi connectivity index (χ2n) is 9.57. The molecule has 0 aromatic heterocycles. The van der Waals surface area contributed by atoms with Crippen molar-refractivity contribution in [1.29, 1.82) is 0 Å². The number of fused-ring (bicyclic) bond motifs is 3. The third-order valence-electron chi connectivity index (χ3n) is 8.31. The Morgan fingerprint density at radius 3 is 2.56 bits per heavy atom. The molecule has 25 heavy (non-hydrogen) atoms. The van der Waals surface area contributed by atoms with Crippen molar-refractivity contribution in [3.05, 3.63) is 12.2 Å². The number of hydrogen-bond acceptors (Lipinski definition) is 4. The Morgan fingerprint density at radius 1 is 1.24 bits per heavy atom. The van der Waals surface area contributed by atoms with E-state index in [1.54, 1.807) is 6.92 Å². The topological polar surface area (TPSA) is 94.8 Å². The predicted molar refractivity (Wildman–Crippen MR) is 90.6 cm³/mol. The highest BCUT2D eigenvalue weighted by atomic mass is 16.4. The Morgan fingerprint density at radius 2 is 1.92 bits per heavy atom. The molecule has 8 unspecified atom stereocenters. The Hall–Kier alpha value is -1.20. The molecule has 3 N–H and O–H groups in total. The van der Waals surface area contributed by atoms with E-state index < -0.39 is 46.3 Å². The van der Waals surface area contributed by atoms with Crippen molar-refractivity contribution in [2.75, 3.05) is 0 Å². The summed E-state index contributed by atoms with van der Waals surface area (Å²) in [5.41, 5.74) is -1.39. The van der Waals surface area contributed by atoms with E-state index in [-0.39, 0.29) is 11.7 Å². The summed E-state index contributed by atoms with van der Waals surface area (Å²) in [7, 11) is 0. The smallest absolute Gasteiger partial charge is 0.309 e. The summed E-state index contributed by atoms with van der Waals surface area (Å²) in [5.74, 6) is -1.73. The van der Waals surface area contributed by atoms with E-state index in [9.17, 15) is 24.9 Å². The molecule has 4 saturated carbocycles. The standard InChI is InChI=1S/C20H28O5/c1-10-8-20-9-11(10)7-12(21)14(20)18(2)5-4-6-19(3,17(24)25)15(18)13(22)16(20)23/h11,13-16,22-23H,1,4-9H2,2-3H3,(H,24,25). The first kappa shape index (κ1) is 17.2. The lowest BCUT2D eigenvalue weighted by Gasteiger charge is -2.65. The first-order valence-electron chi connectivity index (χ1n) is 9.38. The van der Waals surface area contributed by atoms with E-state index in [2.05, 4.69) is 6.58 Å². The Balaban J connectivity index is 1.90. The van der Waals surface area contributed by atoms with Crippen molar-refractivity contribution in [1.82, 2.24) is 0 Å². The summed E-state index contributed by atoms with van der Waals surface area (Å²) in [4.78, 5) is 25.2. The van der Waals surface area contributed by atoms with Crippen molar-refractivity contribution >= 4 is 11.8 Å². The van der Waals surface area contributed by atoms with Crippen LogP contribution in [-0.4, -0.2) is 39.3 Å². The molecule has 5 nitrogen and oxygen atoms in total. The molecule has 0 saturated heterocycles. The second-order valence-corrected chi connectivity index (χ2v) is 9.57. The lowest BCUT2D eigenvalue weighted by molar-refractivity contribution is -0.247. The van der Waals surface area contributed by atoms with Crippen LogP contribution in [0.1, 0.15) is 52.4 Å². The van der Waals surface area contributed by atoms with Crippen LogP contribution in [0.25, 0.3) is 0 Å². The van der Waals surface area contributed by atoms with Gasteiger partial charge in [0.1, 0.15) is 5.78 Å². The van der Waals surface area contributed by atoms with Gasteiger partial charge in [-0.25, -0.2) is 0 Å². The molecule has 0 aromatic rings. The van der Waals surface area contributed by atoms with Gasteiger partial charge < -0.3 is 15.3 Å². The molecule has 4 fully saturated rings. The van der Waals surface area contributed by atoms with Gasteiger partial charge in [-0.3, -0.25) is 9.59 Å². The summed E-state index contributed by atoms with van der Waals surface area (Å²) < 4.78 is 0. The normalized spacial score (nSPS) is 54.8. The number of rotatable bonds is 1. The molecule has 4 aliphatic rings. The van der Waals surface area contributed by atoms with Crippen LogP contribution in [-0.2, 0) is 9.59 Å². The molecule has 0 radical (unpaired) electrons. The van der Waals surface area contributed by atoms with Crippen LogP contribution in [0, 0.1) is 34.0 Å². The summed E-state index contributed by atoms with van der Waals surface area (Å²) in [6, 6.07) is 0. The van der Waals surface area contributed by atoms with Gasteiger partial charge >= 0.3 is 5.97 Å². The largest absolute Gasteiger partial charge is 0.481 e. The minimum Gasteiger partial charge on any atom is -0.481 e. The van der Waals surface area contributed by atoms with Crippen LogP contribution in [0.2, 0.25) is 0 Å². The highest BCUT2D eigenvalue weighted by Crippen LogP contribution is 2.71. The van der Waals surface area contributed by atoms with Crippen molar-refractivity contribution in [3.63, 3.8) is 0 Å². The van der Waals surface area contributed by atoms with Gasteiger partial charge in [0.05, 0.1) is 17.6 Å². The minimum atomic E-state index is -1.12. The third kappa shape index (κ3) is 1.86. The lowest BCUT2D eigenvalue weighted by Crippen LogP contribution is -2.70. The van der Waals surface area contributed by atoms with Crippen molar-refractivity contribution in [3.8, 4) is 0 Å². The molecule has 2 bridgehead atoms. The number of aliphatic hydroxyl groups is 2. The van der Waals surface area contributed by atoms with Gasteiger partial charge in [-0.1, -0.05) is 25.5 Å². The first-order chi connectivity index (χ1) is 11.6. The quantitative estimate of drug-likeness (QED) is 0.631. The maximum atomic E-state index is 13.1. The fourth-order valence-corrected chi connectivity index (χ4v) is 7.51. The van der Waals surface area contributed by atoms with Gasteiger partial charge in [-0.05, 0) is 43.9 Å². The maximum absolute atomic E-state index is 13.1. The number of ketones is 1. The first-order valence-corrected chi connectivity index (χ1v) is 9.38. The Bertz CT molecular complexity index is 671. The van der Waals surface area contributed by atoms with Gasteiger partial charge in [0.2, 0.25) is 0 Å². The SMILES string of the molecule is C=C1CC23CC1CC(=O)C2C1(C)CCCC(C)(C(=O)O)C1C(O)C3O. The predicted octanol–water partition coefficient (Wildman–Crippen LogP) is 2.16. The number of hydrogen-bond donors (Lipinski definition) is 3. The average Bonchev–Trinajstić information content (AvgIpc) is 2.76. The molecule has 4 rings (SSSR count). The number of allylic oxidation sites excluding steroid dienone is 1. The fourth-order valence-electron chi connectivity index (χ4n) is 7.51. The van der Waals surface area contributed by atoms with Crippen molar-refractivity contribution < 1.29 is 24.9 Å². The van der Waals surface area contributed by atoms with Gasteiger partial charge in [-0.2, -0.15) is 0 Å². The number of carbonyl (C=O) groups is 2. The molecule has 4 aliphatic carbocycles. The van der Waals surface area contributed by atoms with Gasteiger partial charge in [0, 0.05) is 23.7 Å². The molecule has 1 spiro atoms. The van der Waals surface area contributed by atoms with Crippen LogP contribution in [0.4, 0.5) is 0 Å². The number of aliphatic carboxylic acids is 1. The monoisotopic (exact) mass is 348 g/mol. The van der Waals surface area contributed by atoms with Crippen LogP contribution in [0.5, 0.6) is 0 Å². The molecule has 5 heteroatoms. The fraction of sp³-hybridized carbons (Fsp3) is 0.800. The van der Waals surface area contributed by atoms with E-state index in [4.69, 9.17) is 0 Å². The van der Waals surface area contributed by atoms with E-state index in [1.165, 1.54) is 0 Å². The molecule has 138 valence electrons. The average molecular weight is 348 g/mol. The van der Waals surface area contributed by atoms with Gasteiger partial charge in [0.15, 0.2) is 0 Å². The second kappa shape index (κ2) is 4.95. The minimum absolute atomic E-state index is 0.0974. The molecule has 0 amide bonds. The summed E-state index contributed by atoms with van der Waals surface area (Å²) >= 11 is 0. The summed E-state index contributed by atoms with van der Waals surface area (Å²) in [6.45, 7) is 7.78. The third-order valence-corrected chi connectivity index (χ3v) is 8.31. The van der Waals surface area contributed by atoms with Gasteiger partial charge in [0.25, 0.3) is 0 Å². The Kier molecular flexibility index (Phi) is 3.41. The molecular formula is C20H28O5. The number of carboxylic acids is 1. The number of aliphatic hydroxyl groups excluding tert-OH is 2. The number of carbonyl (C=O) groups excluding carboxylic acids is 1. The van der Waals surface area contributed by atoms with E-state index in [0.717, 1.165) is 18.4 Å². The zero-order valence-corrected chi connectivity index (χ0v) is 15.0. The van der Waals surface area contributed by atoms with Crippen LogP contribution >= 0.6 is 0 Å². The van der Waals surface area contributed by atoms with Crippen LogP contribution < -0.4 is 0 Å². The van der Waals surface area contributed by atoms with Crippen LogP contribution in [0.15, 0.2) is 12.2 Å². The summed E-state index contributed by atoms with van der Waals surface area (Å²) in [5, 5.41) is 32.1. The highest BCUT2D eigenvalue weighted by molar-refractivity contribution is 5.86. The number of carboxylic acid groups (broad SMARTS) is 1. The maximum Gasteiger partial charge on any atom is 0.309 e. The molecular weight excluding hydrogens is 320 g/mol. The van der Waals surface area contributed by atoms with Gasteiger partial charge in [-0.15, -0.1) is 0 Å². The molecule has 0 heterocycles. The zero-order valence-electron chi connectivity index (χ0n) is 15.0. The molecule has 8 atom stereocenters. The lowest BCUT2D eigenvalue weighted by atomic mass is 9.39. The van der Waals surface area contributed by atoms with E-state index in [1.807, 2.05) is 6.92 Å². The van der Waals surface area contributed by atoms with E-state index in [0.29, 0.717) is 25.7 Å². The molecule has 0 aromatic carbocycles. The highest BCUT2D eigenvalue weighted by Gasteiger charge is 2.73. The number of Topliss-reactive ketones (excluding diaryl/α,β-unsaturated/α-hetero) is 1. The van der Waals surface area contributed by atoms with Crippen LogP contribution in [0.3, 0.4) is 0 Å².